The number of carbonyl (C=O) groups excluding carboxylic acids is 1. The summed E-state index contributed by atoms with van der Waals surface area (Å²) in [6, 6.07) is 11.3. The summed E-state index contributed by atoms with van der Waals surface area (Å²) in [4.78, 5) is 39.2. The molecule has 2 N–H and O–H groups in total. The number of anilines is 1. The first-order chi connectivity index (χ1) is 12.0. The molecule has 0 spiro atoms. The summed E-state index contributed by atoms with van der Waals surface area (Å²) in [5.74, 6) is -1.48. The van der Waals surface area contributed by atoms with Gasteiger partial charge in [-0.2, -0.15) is 0 Å². The molecule has 25 heavy (non-hydrogen) atoms. The van der Waals surface area contributed by atoms with Gasteiger partial charge in [0.25, 0.3) is 11.5 Å². The third-order valence-corrected chi connectivity index (χ3v) is 4.50. The number of nitrogens with one attached hydrogen (secondary N) is 1. The molecule has 0 aliphatic carbocycles. The summed E-state index contributed by atoms with van der Waals surface area (Å²) in [6.07, 6.45) is 1.64. The first-order valence-corrected chi connectivity index (χ1v) is 8.07. The summed E-state index contributed by atoms with van der Waals surface area (Å²) in [5, 5.41) is 11.8. The normalized spacial score (nSPS) is 10.4. The Morgan fingerprint density at radius 1 is 1.16 bits per heavy atom. The number of carboxylic acids is 1. The van der Waals surface area contributed by atoms with E-state index in [0.717, 1.165) is 11.3 Å². The number of aryl methyl sites for hydroxylation is 1. The second-order valence-corrected chi connectivity index (χ2v) is 6.15. The predicted molar refractivity (Wildman–Crippen MR) is 93.8 cm³/mol. The summed E-state index contributed by atoms with van der Waals surface area (Å²) in [5.41, 5.74) is 1.20. The first kappa shape index (κ1) is 16.6. The van der Waals surface area contributed by atoms with E-state index < -0.39 is 11.9 Å². The minimum atomic E-state index is -1.08. The van der Waals surface area contributed by atoms with Crippen LogP contribution in [-0.2, 0) is 0 Å². The number of hydrogen-bond acceptors (Lipinski definition) is 5. The second kappa shape index (κ2) is 6.70. The molecule has 2 heterocycles. The van der Waals surface area contributed by atoms with Crippen molar-refractivity contribution < 1.29 is 14.7 Å². The predicted octanol–water partition coefficient (Wildman–Crippen LogP) is 2.55. The molecule has 1 amide bonds. The maximum atomic E-state index is 12.3. The van der Waals surface area contributed by atoms with E-state index in [1.807, 2.05) is 0 Å². The molecule has 0 bridgehead atoms. The number of rotatable bonds is 4. The van der Waals surface area contributed by atoms with Crippen LogP contribution >= 0.6 is 11.3 Å². The van der Waals surface area contributed by atoms with Crippen molar-refractivity contribution in [3.63, 3.8) is 0 Å². The number of pyridine rings is 1. The van der Waals surface area contributed by atoms with Crippen LogP contribution < -0.4 is 10.9 Å². The number of nitrogens with zero attached hydrogens (tertiary/aromatic N) is 2. The van der Waals surface area contributed by atoms with Crippen molar-refractivity contribution in [2.75, 3.05) is 5.32 Å². The monoisotopic (exact) mass is 355 g/mol. The van der Waals surface area contributed by atoms with Crippen LogP contribution in [0.5, 0.6) is 0 Å². The van der Waals surface area contributed by atoms with Gasteiger partial charge in [0.1, 0.15) is 4.88 Å². The summed E-state index contributed by atoms with van der Waals surface area (Å²) >= 11 is 0.905. The third-order valence-electron chi connectivity index (χ3n) is 3.44. The highest BCUT2D eigenvalue weighted by atomic mass is 32.1. The van der Waals surface area contributed by atoms with E-state index in [9.17, 15) is 14.4 Å². The van der Waals surface area contributed by atoms with E-state index in [1.54, 1.807) is 49.5 Å². The van der Waals surface area contributed by atoms with Crippen molar-refractivity contribution >= 4 is 28.3 Å². The number of thiazole rings is 1. The summed E-state index contributed by atoms with van der Waals surface area (Å²) < 4.78 is 1.46. The van der Waals surface area contributed by atoms with E-state index in [1.165, 1.54) is 10.6 Å². The van der Waals surface area contributed by atoms with Crippen LogP contribution in [0.25, 0.3) is 5.69 Å². The van der Waals surface area contributed by atoms with Gasteiger partial charge in [0.05, 0.1) is 5.69 Å². The van der Waals surface area contributed by atoms with E-state index in [4.69, 9.17) is 5.11 Å². The molecule has 0 atom stereocenters. The highest BCUT2D eigenvalue weighted by Gasteiger charge is 2.16. The number of amides is 1. The zero-order chi connectivity index (χ0) is 18.0. The van der Waals surface area contributed by atoms with E-state index in [0.29, 0.717) is 16.9 Å². The van der Waals surface area contributed by atoms with E-state index in [2.05, 4.69) is 10.3 Å². The quantitative estimate of drug-likeness (QED) is 0.749. The molecule has 0 aliphatic rings. The van der Waals surface area contributed by atoms with Gasteiger partial charge >= 0.3 is 5.97 Å². The van der Waals surface area contributed by atoms with Crippen LogP contribution in [0.2, 0.25) is 0 Å². The van der Waals surface area contributed by atoms with Crippen molar-refractivity contribution in [3.05, 3.63) is 75.1 Å². The molecule has 7 nitrogen and oxygen atoms in total. The number of carbonyl (C=O) groups is 2. The molecule has 3 aromatic rings. The first-order valence-electron chi connectivity index (χ1n) is 7.26. The topological polar surface area (TPSA) is 101 Å². The molecule has 0 radical (unpaired) electrons. The molecule has 0 unspecified atom stereocenters. The molecule has 0 saturated carbocycles. The molecule has 0 fully saturated rings. The lowest BCUT2D eigenvalue weighted by molar-refractivity contribution is 0.0701. The van der Waals surface area contributed by atoms with Crippen LogP contribution in [-0.4, -0.2) is 26.5 Å². The van der Waals surface area contributed by atoms with Gasteiger partial charge in [-0.1, -0.05) is 17.4 Å². The number of benzene rings is 1. The molecule has 0 aliphatic heterocycles. The lowest BCUT2D eigenvalue weighted by Gasteiger charge is -2.06. The number of aromatic nitrogens is 2. The van der Waals surface area contributed by atoms with Gasteiger partial charge in [0.15, 0.2) is 5.13 Å². The minimum Gasteiger partial charge on any atom is -0.477 e. The fourth-order valence-electron chi connectivity index (χ4n) is 2.23. The molecule has 3 rings (SSSR count). The highest BCUT2D eigenvalue weighted by molar-refractivity contribution is 7.17. The van der Waals surface area contributed by atoms with Crippen LogP contribution in [0.15, 0.2) is 53.5 Å². The Morgan fingerprint density at radius 3 is 2.48 bits per heavy atom. The maximum Gasteiger partial charge on any atom is 0.347 e. The Kier molecular flexibility index (Phi) is 4.44. The van der Waals surface area contributed by atoms with Crippen molar-refractivity contribution in [3.8, 4) is 5.69 Å². The molecule has 1 aromatic carbocycles. The van der Waals surface area contributed by atoms with Gasteiger partial charge in [-0.15, -0.1) is 0 Å². The zero-order valence-corrected chi connectivity index (χ0v) is 13.9. The van der Waals surface area contributed by atoms with Crippen molar-refractivity contribution in [1.82, 2.24) is 9.55 Å². The Morgan fingerprint density at radius 2 is 1.88 bits per heavy atom. The van der Waals surface area contributed by atoms with Gasteiger partial charge in [-0.3, -0.25) is 19.5 Å². The Bertz CT molecular complexity index is 1010. The lowest BCUT2D eigenvalue weighted by Crippen LogP contribution is -2.16. The Labute approximate surface area is 146 Å². The second-order valence-electron chi connectivity index (χ2n) is 5.15. The van der Waals surface area contributed by atoms with E-state index >= 15 is 0 Å². The third kappa shape index (κ3) is 3.48. The van der Waals surface area contributed by atoms with Gasteiger partial charge in [-0.25, -0.2) is 9.78 Å². The SMILES string of the molecule is Cc1nc(NC(=O)c2ccc(-n3ccccc3=O)cc2)sc1C(=O)O. The van der Waals surface area contributed by atoms with Gasteiger partial charge in [-0.05, 0) is 37.3 Å². The summed E-state index contributed by atoms with van der Waals surface area (Å²) in [6.45, 7) is 1.57. The maximum absolute atomic E-state index is 12.3. The van der Waals surface area contributed by atoms with Crippen molar-refractivity contribution in [2.24, 2.45) is 0 Å². The fraction of sp³-hybridized carbons (Fsp3) is 0.0588. The number of aromatic carboxylic acids is 1. The number of carboxylic acid groups (broad SMARTS) is 1. The Hall–Kier alpha value is -3.26. The lowest BCUT2D eigenvalue weighted by atomic mass is 10.2. The Balaban J connectivity index is 1.79. The van der Waals surface area contributed by atoms with Crippen LogP contribution in [0.4, 0.5) is 5.13 Å². The number of hydrogen-bond donors (Lipinski definition) is 2. The highest BCUT2D eigenvalue weighted by Crippen LogP contribution is 2.23. The zero-order valence-electron chi connectivity index (χ0n) is 13.1. The van der Waals surface area contributed by atoms with E-state index in [-0.39, 0.29) is 15.6 Å². The van der Waals surface area contributed by atoms with Gasteiger partial charge in [0, 0.05) is 23.5 Å². The van der Waals surface area contributed by atoms with Crippen molar-refractivity contribution in [1.29, 1.82) is 0 Å². The smallest absolute Gasteiger partial charge is 0.347 e. The molecule has 0 saturated heterocycles. The van der Waals surface area contributed by atoms with Crippen LogP contribution in [0.3, 0.4) is 0 Å². The van der Waals surface area contributed by atoms with Gasteiger partial charge < -0.3 is 5.11 Å². The molecule has 2 aromatic heterocycles. The van der Waals surface area contributed by atoms with Crippen molar-refractivity contribution in [2.45, 2.75) is 6.92 Å². The molecular formula is C17H13N3O4S. The van der Waals surface area contributed by atoms with Crippen LogP contribution in [0.1, 0.15) is 25.7 Å². The molecule has 8 heteroatoms. The summed E-state index contributed by atoms with van der Waals surface area (Å²) in [7, 11) is 0. The molecular weight excluding hydrogens is 342 g/mol. The van der Waals surface area contributed by atoms with Crippen LogP contribution in [0, 0.1) is 6.92 Å². The largest absolute Gasteiger partial charge is 0.477 e. The average Bonchev–Trinajstić information content (AvgIpc) is 2.96. The average molecular weight is 355 g/mol. The fourth-order valence-corrected chi connectivity index (χ4v) is 3.03. The van der Waals surface area contributed by atoms with Gasteiger partial charge in [0.2, 0.25) is 0 Å². The standard InChI is InChI=1S/C17H13N3O4S/c1-10-14(16(23)24)25-17(18-10)19-15(22)11-5-7-12(8-6-11)20-9-3-2-4-13(20)21/h2-9H,1H3,(H,23,24)(H,18,19,22). The molecule has 126 valence electrons. The minimum absolute atomic E-state index is 0.0918.